The van der Waals surface area contributed by atoms with Gasteiger partial charge in [-0.05, 0) is 27.8 Å². The molecule has 37 heavy (non-hydrogen) atoms. The molecule has 0 aromatic heterocycles. The van der Waals surface area contributed by atoms with Gasteiger partial charge in [-0.2, -0.15) is 0 Å². The van der Waals surface area contributed by atoms with Crippen LogP contribution in [0.15, 0.2) is 78.9 Å². The molecular formula is C25H25N2O8PS. The number of nitrogens with one attached hydrogen (secondary N) is 2. The minimum absolute atomic E-state index is 0.00593. The molecule has 3 aromatic carbocycles. The fourth-order valence-corrected chi connectivity index (χ4v) is 4.82. The molecule has 2 atom stereocenters. The zero-order valence-corrected chi connectivity index (χ0v) is 21.3. The highest BCUT2D eigenvalue weighted by molar-refractivity contribution is 7.77. The van der Waals surface area contributed by atoms with Crippen LogP contribution in [0.2, 0.25) is 0 Å². The van der Waals surface area contributed by atoms with E-state index in [0.29, 0.717) is 5.56 Å². The second-order valence-electron chi connectivity index (χ2n) is 8.06. The lowest BCUT2D eigenvalue weighted by Crippen LogP contribution is -2.46. The number of carbonyl (C=O) groups excluding carboxylic acids is 2. The molecule has 1 amide bonds. The van der Waals surface area contributed by atoms with Crippen LogP contribution in [0.3, 0.4) is 0 Å². The minimum Gasteiger partial charge on any atom is -0.449 e. The molecule has 10 nitrogen and oxygen atoms in total. The summed E-state index contributed by atoms with van der Waals surface area (Å²) in [5, 5.41) is 2.30. The van der Waals surface area contributed by atoms with Crippen molar-refractivity contribution in [3.63, 3.8) is 0 Å². The summed E-state index contributed by atoms with van der Waals surface area (Å²) in [5.41, 5.74) is 4.82. The highest BCUT2D eigenvalue weighted by atomic mass is 32.1. The first kappa shape index (κ1) is 26.9. The Bertz CT molecular complexity index is 1250. The van der Waals surface area contributed by atoms with Crippen molar-refractivity contribution in [1.29, 1.82) is 0 Å². The van der Waals surface area contributed by atoms with Crippen molar-refractivity contribution in [3.8, 4) is 11.1 Å². The Hall–Kier alpha value is -3.18. The third kappa shape index (κ3) is 6.98. The standard InChI is InChI=1S/C25H25N2O8PS/c28-24(35-27-37)23(16-34-36(30,31)33-14-17-8-2-1-3-9-17)26-25(29)32-15-22-20-12-6-4-10-18(20)19-11-5-7-13-21(19)22/h1-13,22-23,27,37H,14-16H2,(H,26,29)(H,30,31). The number of alkyl carbamates (subject to hydrolysis) is 1. The summed E-state index contributed by atoms with van der Waals surface area (Å²) < 4.78 is 27.6. The molecule has 0 heterocycles. The van der Waals surface area contributed by atoms with Crippen LogP contribution in [0.4, 0.5) is 4.79 Å². The summed E-state index contributed by atoms with van der Waals surface area (Å²) in [4.78, 5) is 41.3. The SMILES string of the molecule is O=C(NC(COP(=O)(O)OCc1ccccc1)C(=O)ONS)OCC1c2ccccc2-c2ccccc21. The normalized spacial score (nSPS) is 14.6. The molecule has 0 radical (unpaired) electrons. The van der Waals surface area contributed by atoms with Gasteiger partial charge in [-0.3, -0.25) is 9.05 Å². The largest absolute Gasteiger partial charge is 0.472 e. The molecule has 0 saturated carbocycles. The summed E-state index contributed by atoms with van der Waals surface area (Å²) >= 11 is 3.59. The smallest absolute Gasteiger partial charge is 0.449 e. The van der Waals surface area contributed by atoms with Gasteiger partial charge in [0.05, 0.1) is 13.2 Å². The van der Waals surface area contributed by atoms with Crippen molar-refractivity contribution < 1.29 is 37.7 Å². The molecule has 0 bridgehead atoms. The first-order valence-electron chi connectivity index (χ1n) is 11.2. The third-order valence-corrected chi connectivity index (χ3v) is 6.73. The highest BCUT2D eigenvalue weighted by Crippen LogP contribution is 2.45. The number of carbonyl (C=O) groups is 2. The predicted molar refractivity (Wildman–Crippen MR) is 137 cm³/mol. The van der Waals surface area contributed by atoms with Crippen molar-refractivity contribution in [2.45, 2.75) is 18.6 Å². The van der Waals surface area contributed by atoms with Crippen LogP contribution in [-0.4, -0.2) is 36.2 Å². The number of amides is 1. The lowest BCUT2D eigenvalue weighted by Gasteiger charge is -2.20. The number of phosphoric ester groups is 1. The van der Waals surface area contributed by atoms with Crippen LogP contribution in [0, 0.1) is 0 Å². The third-order valence-electron chi connectivity index (χ3n) is 5.71. The Labute approximate surface area is 219 Å². The van der Waals surface area contributed by atoms with Gasteiger partial charge in [0, 0.05) is 5.92 Å². The van der Waals surface area contributed by atoms with Crippen LogP contribution in [0.1, 0.15) is 22.6 Å². The van der Waals surface area contributed by atoms with Crippen LogP contribution < -0.4 is 10.2 Å². The van der Waals surface area contributed by atoms with Gasteiger partial charge < -0.3 is 19.8 Å². The Morgan fingerprint density at radius 2 is 1.51 bits per heavy atom. The Morgan fingerprint density at radius 3 is 2.14 bits per heavy atom. The summed E-state index contributed by atoms with van der Waals surface area (Å²) in [6.45, 7) is -0.908. The van der Waals surface area contributed by atoms with E-state index in [2.05, 4.69) is 23.0 Å². The van der Waals surface area contributed by atoms with Gasteiger partial charge in [-0.25, -0.2) is 14.2 Å². The molecule has 0 fully saturated rings. The van der Waals surface area contributed by atoms with Crippen molar-refractivity contribution in [3.05, 3.63) is 95.6 Å². The number of benzene rings is 3. The maximum atomic E-state index is 12.6. The van der Waals surface area contributed by atoms with E-state index in [-0.39, 0.29) is 19.1 Å². The van der Waals surface area contributed by atoms with E-state index in [1.54, 1.807) is 30.3 Å². The number of fused-ring (bicyclic) bond motifs is 3. The zero-order chi connectivity index (χ0) is 26.3. The topological polar surface area (TPSA) is 132 Å². The molecular weight excluding hydrogens is 519 g/mol. The average molecular weight is 545 g/mol. The van der Waals surface area contributed by atoms with Crippen LogP contribution >= 0.6 is 20.6 Å². The molecule has 4 rings (SSSR count). The molecule has 1 aliphatic carbocycles. The lowest BCUT2D eigenvalue weighted by molar-refractivity contribution is -0.150. The number of thiol groups is 1. The summed E-state index contributed by atoms with van der Waals surface area (Å²) in [5.74, 6) is -1.21. The first-order valence-corrected chi connectivity index (χ1v) is 13.2. The molecule has 2 unspecified atom stereocenters. The van der Waals surface area contributed by atoms with E-state index in [1.807, 2.05) is 53.4 Å². The Kier molecular flexibility index (Phi) is 8.99. The van der Waals surface area contributed by atoms with Gasteiger partial charge in [0.15, 0.2) is 6.04 Å². The van der Waals surface area contributed by atoms with Crippen LogP contribution in [-0.2, 0) is 34.6 Å². The van der Waals surface area contributed by atoms with Crippen LogP contribution in [0.5, 0.6) is 0 Å². The molecule has 0 saturated heterocycles. The molecule has 3 aromatic rings. The van der Waals surface area contributed by atoms with E-state index in [4.69, 9.17) is 13.8 Å². The van der Waals surface area contributed by atoms with Crippen molar-refractivity contribution in [2.75, 3.05) is 13.2 Å². The predicted octanol–water partition coefficient (Wildman–Crippen LogP) is 4.12. The van der Waals surface area contributed by atoms with E-state index in [0.717, 1.165) is 22.3 Å². The van der Waals surface area contributed by atoms with E-state index in [9.17, 15) is 19.0 Å². The molecule has 3 N–H and O–H groups in total. The van der Waals surface area contributed by atoms with Crippen molar-refractivity contribution in [2.24, 2.45) is 0 Å². The number of hydrogen-bond donors (Lipinski definition) is 4. The van der Waals surface area contributed by atoms with E-state index in [1.165, 1.54) is 0 Å². The first-order chi connectivity index (χ1) is 17.9. The number of rotatable bonds is 11. The molecule has 12 heteroatoms. The van der Waals surface area contributed by atoms with E-state index < -0.39 is 32.5 Å². The number of ether oxygens (including phenoxy) is 1. The maximum Gasteiger partial charge on any atom is 0.472 e. The second kappa shape index (κ2) is 12.4. The van der Waals surface area contributed by atoms with E-state index >= 15 is 0 Å². The maximum absolute atomic E-state index is 12.6. The Balaban J connectivity index is 1.35. The molecule has 194 valence electrons. The summed E-state index contributed by atoms with van der Waals surface area (Å²) in [6, 6.07) is 22.9. The molecule has 1 aliphatic rings. The van der Waals surface area contributed by atoms with Gasteiger partial charge in [0.25, 0.3) is 0 Å². The van der Waals surface area contributed by atoms with Crippen molar-refractivity contribution in [1.82, 2.24) is 10.2 Å². The van der Waals surface area contributed by atoms with Crippen molar-refractivity contribution >= 4 is 32.7 Å². The van der Waals surface area contributed by atoms with Gasteiger partial charge in [-0.1, -0.05) is 96.6 Å². The fourth-order valence-electron chi connectivity index (χ4n) is 4.00. The monoisotopic (exact) mass is 544 g/mol. The summed E-state index contributed by atoms with van der Waals surface area (Å²) in [7, 11) is -4.56. The quantitative estimate of drug-likeness (QED) is 0.160. The summed E-state index contributed by atoms with van der Waals surface area (Å²) in [6.07, 6.45) is -0.940. The Morgan fingerprint density at radius 1 is 0.919 bits per heavy atom. The zero-order valence-electron chi connectivity index (χ0n) is 19.5. The molecule has 0 aliphatic heterocycles. The van der Waals surface area contributed by atoms with Gasteiger partial charge >= 0.3 is 19.9 Å². The minimum atomic E-state index is -4.56. The van der Waals surface area contributed by atoms with Gasteiger partial charge in [0.2, 0.25) is 0 Å². The fraction of sp³-hybridized carbons (Fsp3) is 0.200. The van der Waals surface area contributed by atoms with Crippen LogP contribution in [0.25, 0.3) is 11.1 Å². The average Bonchev–Trinajstić information content (AvgIpc) is 3.23. The van der Waals surface area contributed by atoms with Gasteiger partial charge in [0.1, 0.15) is 6.61 Å². The highest BCUT2D eigenvalue weighted by Gasteiger charge is 2.32. The lowest BCUT2D eigenvalue weighted by atomic mass is 9.98. The second-order valence-corrected chi connectivity index (χ2v) is 9.69. The number of hydrogen-bond acceptors (Lipinski definition) is 9. The number of phosphoric acid groups is 1. The van der Waals surface area contributed by atoms with Gasteiger partial charge in [-0.15, -0.1) is 0 Å². The molecule has 0 spiro atoms.